The zero-order chi connectivity index (χ0) is 30.7. The number of fused-ring (bicyclic) bond motifs is 3. The third kappa shape index (κ3) is 4.57. The first-order valence-corrected chi connectivity index (χ1v) is 13.0. The minimum absolute atomic E-state index is 0.0592. The van der Waals surface area contributed by atoms with E-state index < -0.39 is 102 Å². The van der Waals surface area contributed by atoms with Gasteiger partial charge in [0.2, 0.25) is 5.78 Å². The van der Waals surface area contributed by atoms with Crippen LogP contribution < -0.4 is 10.1 Å². The minimum atomic E-state index is -2.33. The average molecular weight is 588 g/mol. The van der Waals surface area contributed by atoms with Crippen LogP contribution in [0.5, 0.6) is 17.2 Å². The quantitative estimate of drug-likeness (QED) is 0.193. The summed E-state index contributed by atoms with van der Waals surface area (Å²) in [5.74, 6) is -4.11. The van der Waals surface area contributed by atoms with Crippen molar-refractivity contribution in [3.8, 4) is 17.2 Å². The maximum atomic E-state index is 13.7. The van der Waals surface area contributed by atoms with Gasteiger partial charge in [0.05, 0.1) is 42.0 Å². The van der Waals surface area contributed by atoms with Crippen molar-refractivity contribution in [2.45, 2.75) is 62.4 Å². The molecule has 3 aliphatic rings. The number of ketones is 3. The molecule has 0 radical (unpaired) electrons. The van der Waals surface area contributed by atoms with Gasteiger partial charge in [-0.1, -0.05) is 12.1 Å². The zero-order valence-corrected chi connectivity index (χ0v) is 22.5. The molecular weight excluding hydrogens is 558 g/mol. The van der Waals surface area contributed by atoms with Gasteiger partial charge in [-0.05, 0) is 13.0 Å². The van der Waals surface area contributed by atoms with Crippen molar-refractivity contribution in [2.24, 2.45) is 0 Å². The number of carboxylic acid groups (broad SMARTS) is 1. The molecule has 0 bridgehead atoms. The van der Waals surface area contributed by atoms with E-state index in [0.717, 1.165) is 0 Å². The number of phenols is 2. The zero-order valence-electron chi connectivity index (χ0n) is 22.5. The number of carbonyl (C=O) groups is 4. The lowest BCUT2D eigenvalue weighted by Gasteiger charge is -2.42. The van der Waals surface area contributed by atoms with Crippen LogP contribution in [0.2, 0.25) is 0 Å². The molecule has 1 fully saturated rings. The van der Waals surface area contributed by atoms with Crippen LogP contribution >= 0.6 is 0 Å². The number of amides is 1. The van der Waals surface area contributed by atoms with E-state index in [9.17, 15) is 49.8 Å². The Kier molecular flexibility index (Phi) is 7.45. The van der Waals surface area contributed by atoms with Crippen LogP contribution in [0.25, 0.3) is 0 Å². The summed E-state index contributed by atoms with van der Waals surface area (Å²) in [5, 5.41) is 65.5. The summed E-state index contributed by atoms with van der Waals surface area (Å²) >= 11 is 0. The molecule has 0 spiro atoms. The second kappa shape index (κ2) is 10.6. The lowest BCUT2D eigenvalue weighted by Crippen LogP contribution is -2.55. The van der Waals surface area contributed by atoms with Crippen LogP contribution in [0, 0.1) is 0 Å². The molecule has 2 aromatic carbocycles. The molecular formula is C28H29NO13. The van der Waals surface area contributed by atoms with Crippen molar-refractivity contribution < 1.29 is 64.0 Å². The van der Waals surface area contributed by atoms with Gasteiger partial charge in [0, 0.05) is 36.0 Å². The Labute approximate surface area is 238 Å². The molecule has 7 N–H and O–H groups in total. The van der Waals surface area contributed by atoms with Gasteiger partial charge in [0.1, 0.15) is 35.6 Å². The largest absolute Gasteiger partial charge is 0.507 e. The van der Waals surface area contributed by atoms with Crippen molar-refractivity contribution in [1.82, 2.24) is 5.32 Å². The topological polar surface area (TPSA) is 229 Å². The molecule has 1 heterocycles. The summed E-state index contributed by atoms with van der Waals surface area (Å²) in [7, 11) is 1.30. The molecule has 6 atom stereocenters. The number of Topliss-reactive ketones (excluding diaryl/α,β-unsaturated/α-hetero) is 1. The first kappa shape index (κ1) is 29.4. The normalized spacial score (nSPS) is 28.4. The molecule has 0 aromatic heterocycles. The first-order valence-electron chi connectivity index (χ1n) is 13.0. The number of ether oxygens (including phenoxy) is 3. The summed E-state index contributed by atoms with van der Waals surface area (Å²) in [6, 6.07) is 3.24. The number of benzene rings is 2. The maximum Gasteiger partial charge on any atom is 0.404 e. The van der Waals surface area contributed by atoms with E-state index >= 15 is 0 Å². The van der Waals surface area contributed by atoms with Crippen molar-refractivity contribution >= 4 is 23.4 Å². The van der Waals surface area contributed by atoms with E-state index in [2.05, 4.69) is 5.32 Å². The smallest absolute Gasteiger partial charge is 0.404 e. The highest BCUT2D eigenvalue weighted by atomic mass is 16.7. The monoisotopic (exact) mass is 587 g/mol. The van der Waals surface area contributed by atoms with Gasteiger partial charge < -0.3 is 50.2 Å². The van der Waals surface area contributed by atoms with E-state index in [1.807, 2.05) is 0 Å². The van der Waals surface area contributed by atoms with E-state index in [1.165, 1.54) is 32.2 Å². The molecule has 1 aliphatic heterocycles. The van der Waals surface area contributed by atoms with Crippen LogP contribution in [0.3, 0.4) is 0 Å². The predicted molar refractivity (Wildman–Crippen MR) is 139 cm³/mol. The van der Waals surface area contributed by atoms with Crippen LogP contribution in [0.15, 0.2) is 18.2 Å². The summed E-state index contributed by atoms with van der Waals surface area (Å²) in [6.07, 6.45) is -7.75. The summed E-state index contributed by atoms with van der Waals surface area (Å²) in [5.41, 5.74) is -4.08. The fourth-order valence-electron chi connectivity index (χ4n) is 6.02. The molecule has 42 heavy (non-hydrogen) atoms. The van der Waals surface area contributed by atoms with E-state index in [-0.39, 0.29) is 34.4 Å². The van der Waals surface area contributed by atoms with Gasteiger partial charge in [0.15, 0.2) is 17.9 Å². The standard InChI is InChI=1S/C28H29NO13/c1-10-22(32)13(29-27(37)38)6-17(41-10)42-15-8-28(39,16(31)9-30)7-12-19(15)26(36)21-20(24(12)34)23(33)11-4-3-5-14(40-2)18(11)25(21)35/h3-5,10,13,15,17,22,29-30,32,34,36,39H,6-9H2,1-2H3,(H,37,38)/t10?,13?,15-,17?,22?,28-/m1/s1. The third-order valence-corrected chi connectivity index (χ3v) is 8.07. The van der Waals surface area contributed by atoms with Gasteiger partial charge in [-0.15, -0.1) is 0 Å². The van der Waals surface area contributed by atoms with Crippen LogP contribution in [-0.2, 0) is 20.7 Å². The lowest BCUT2D eigenvalue weighted by atomic mass is 9.72. The second-order valence-electron chi connectivity index (χ2n) is 10.6. The molecule has 14 nitrogen and oxygen atoms in total. The SMILES string of the molecule is COc1cccc2c1C(=O)c1c(O)c3c(c(O)c1C2=O)C[C@](O)(C(=O)CO)C[C@H]3OC1CC(NC(=O)O)C(O)C(C)O1. The highest BCUT2D eigenvalue weighted by Crippen LogP contribution is 2.52. The maximum absolute atomic E-state index is 13.7. The number of aliphatic hydroxyl groups is 3. The van der Waals surface area contributed by atoms with Gasteiger partial charge in [-0.3, -0.25) is 14.4 Å². The lowest BCUT2D eigenvalue weighted by molar-refractivity contribution is -0.249. The molecule has 2 aromatic rings. The molecule has 5 rings (SSSR count). The van der Waals surface area contributed by atoms with Crippen LogP contribution in [0.4, 0.5) is 4.79 Å². The van der Waals surface area contributed by atoms with Gasteiger partial charge >= 0.3 is 6.09 Å². The van der Waals surface area contributed by atoms with E-state index in [1.54, 1.807) is 0 Å². The number of carbonyl (C=O) groups excluding carboxylic acids is 3. The highest BCUT2D eigenvalue weighted by Gasteiger charge is 2.50. The number of methoxy groups -OCH3 is 1. The van der Waals surface area contributed by atoms with E-state index in [4.69, 9.17) is 14.2 Å². The average Bonchev–Trinajstić information content (AvgIpc) is 2.94. The molecule has 0 saturated carbocycles. The number of nitrogens with one attached hydrogen (secondary N) is 1. The van der Waals surface area contributed by atoms with Gasteiger partial charge in [0.25, 0.3) is 0 Å². The fourth-order valence-corrected chi connectivity index (χ4v) is 6.02. The molecule has 224 valence electrons. The number of aromatic hydroxyl groups is 2. The molecule has 2 aliphatic carbocycles. The van der Waals surface area contributed by atoms with Crippen LogP contribution in [-0.4, -0.2) is 97.9 Å². The predicted octanol–water partition coefficient (Wildman–Crippen LogP) is 0.310. The third-order valence-electron chi connectivity index (χ3n) is 8.07. The number of hydrogen-bond donors (Lipinski definition) is 7. The molecule has 1 amide bonds. The minimum Gasteiger partial charge on any atom is -0.507 e. The highest BCUT2D eigenvalue weighted by molar-refractivity contribution is 6.31. The van der Waals surface area contributed by atoms with E-state index in [0.29, 0.717) is 0 Å². The Balaban J connectivity index is 1.65. The van der Waals surface area contributed by atoms with Crippen LogP contribution in [0.1, 0.15) is 68.8 Å². The molecule has 4 unspecified atom stereocenters. The molecule has 1 saturated heterocycles. The molecule has 14 heteroatoms. The van der Waals surface area contributed by atoms with Gasteiger partial charge in [-0.25, -0.2) is 4.79 Å². The van der Waals surface area contributed by atoms with Crippen molar-refractivity contribution in [1.29, 1.82) is 0 Å². The first-order chi connectivity index (χ1) is 19.8. The Morgan fingerprint density at radius 2 is 1.81 bits per heavy atom. The summed E-state index contributed by atoms with van der Waals surface area (Å²) in [6.45, 7) is 0.389. The summed E-state index contributed by atoms with van der Waals surface area (Å²) < 4.78 is 17.0. The number of aliphatic hydroxyl groups excluding tert-OH is 2. The Morgan fingerprint density at radius 1 is 1.12 bits per heavy atom. The number of phenolic OH excluding ortho intramolecular Hbond substituents is 2. The Morgan fingerprint density at radius 3 is 2.45 bits per heavy atom. The van der Waals surface area contributed by atoms with Gasteiger partial charge in [-0.2, -0.15) is 0 Å². The summed E-state index contributed by atoms with van der Waals surface area (Å²) in [4.78, 5) is 51.2. The number of hydrogen-bond acceptors (Lipinski definition) is 12. The second-order valence-corrected chi connectivity index (χ2v) is 10.6. The van der Waals surface area contributed by atoms with Crippen molar-refractivity contribution in [3.63, 3.8) is 0 Å². The Hall–Kier alpha value is -4.08. The number of rotatable bonds is 6. The van der Waals surface area contributed by atoms with Crippen molar-refractivity contribution in [3.05, 3.63) is 51.6 Å². The fraction of sp³-hybridized carbons (Fsp3) is 0.429. The van der Waals surface area contributed by atoms with Crippen molar-refractivity contribution in [2.75, 3.05) is 13.7 Å². The Bertz CT molecular complexity index is 1500.